The third-order valence-electron chi connectivity index (χ3n) is 2.58. The lowest BCUT2D eigenvalue weighted by Gasteiger charge is -1.98. The molecule has 1 aromatic heterocycles. The van der Waals surface area contributed by atoms with E-state index in [1.54, 1.807) is 12.3 Å². The van der Waals surface area contributed by atoms with Crippen molar-refractivity contribution < 1.29 is 5.21 Å². The standard InChI is InChI=1S/C15H14N2O/c1-12-4-6-13(7-5-12)8-9-15-14(11-17-18)3-2-10-16-15/h2-11,18H,1H3. The van der Waals surface area contributed by atoms with Gasteiger partial charge in [0, 0.05) is 11.8 Å². The van der Waals surface area contributed by atoms with Crippen LogP contribution in [0.3, 0.4) is 0 Å². The van der Waals surface area contributed by atoms with E-state index in [9.17, 15) is 0 Å². The largest absolute Gasteiger partial charge is 0.411 e. The number of rotatable bonds is 3. The van der Waals surface area contributed by atoms with E-state index in [-0.39, 0.29) is 0 Å². The lowest BCUT2D eigenvalue weighted by atomic mass is 10.1. The average Bonchev–Trinajstić information content (AvgIpc) is 2.40. The predicted molar refractivity (Wildman–Crippen MR) is 73.7 cm³/mol. The van der Waals surface area contributed by atoms with Gasteiger partial charge < -0.3 is 5.21 Å². The molecule has 3 heteroatoms. The molecule has 0 saturated heterocycles. The Balaban J connectivity index is 2.25. The Morgan fingerprint density at radius 1 is 1.11 bits per heavy atom. The summed E-state index contributed by atoms with van der Waals surface area (Å²) in [6.45, 7) is 2.06. The molecule has 18 heavy (non-hydrogen) atoms. The monoisotopic (exact) mass is 238 g/mol. The van der Waals surface area contributed by atoms with Crippen LogP contribution in [0.2, 0.25) is 0 Å². The number of aromatic nitrogens is 1. The molecule has 90 valence electrons. The van der Waals surface area contributed by atoms with Crippen molar-refractivity contribution in [1.29, 1.82) is 0 Å². The molecule has 0 aliphatic carbocycles. The first-order chi connectivity index (χ1) is 8.79. The number of pyridine rings is 1. The first kappa shape index (κ1) is 12.0. The maximum atomic E-state index is 8.58. The van der Waals surface area contributed by atoms with Crippen molar-refractivity contribution in [2.75, 3.05) is 0 Å². The second-order valence-electron chi connectivity index (χ2n) is 3.97. The van der Waals surface area contributed by atoms with Gasteiger partial charge in [-0.2, -0.15) is 0 Å². The Morgan fingerprint density at radius 3 is 2.61 bits per heavy atom. The molecule has 0 fully saturated rings. The fourth-order valence-electron chi connectivity index (χ4n) is 1.59. The van der Waals surface area contributed by atoms with Crippen LogP contribution in [0, 0.1) is 6.92 Å². The van der Waals surface area contributed by atoms with Crippen LogP contribution in [0.4, 0.5) is 0 Å². The van der Waals surface area contributed by atoms with Crippen LogP contribution in [0.15, 0.2) is 47.8 Å². The summed E-state index contributed by atoms with van der Waals surface area (Å²) in [5.41, 5.74) is 3.90. The molecule has 0 unspecified atom stereocenters. The number of hydrogen-bond donors (Lipinski definition) is 1. The van der Waals surface area contributed by atoms with Gasteiger partial charge in [-0.3, -0.25) is 4.98 Å². The van der Waals surface area contributed by atoms with Crippen LogP contribution in [-0.4, -0.2) is 16.4 Å². The Labute approximate surface area is 106 Å². The molecule has 1 N–H and O–H groups in total. The summed E-state index contributed by atoms with van der Waals surface area (Å²) < 4.78 is 0. The zero-order valence-electron chi connectivity index (χ0n) is 10.1. The van der Waals surface area contributed by atoms with Crippen LogP contribution in [0.5, 0.6) is 0 Å². The zero-order chi connectivity index (χ0) is 12.8. The average molecular weight is 238 g/mol. The van der Waals surface area contributed by atoms with E-state index >= 15 is 0 Å². The lowest BCUT2D eigenvalue weighted by Crippen LogP contribution is -1.89. The first-order valence-corrected chi connectivity index (χ1v) is 5.67. The molecule has 0 spiro atoms. The Morgan fingerprint density at radius 2 is 1.89 bits per heavy atom. The quantitative estimate of drug-likeness (QED) is 0.506. The van der Waals surface area contributed by atoms with Crippen molar-refractivity contribution in [3.8, 4) is 0 Å². The van der Waals surface area contributed by atoms with Crippen molar-refractivity contribution in [3.63, 3.8) is 0 Å². The minimum Gasteiger partial charge on any atom is -0.411 e. The molecular weight excluding hydrogens is 224 g/mol. The van der Waals surface area contributed by atoms with E-state index < -0.39 is 0 Å². The van der Waals surface area contributed by atoms with E-state index in [4.69, 9.17) is 5.21 Å². The molecule has 0 radical (unpaired) electrons. The van der Waals surface area contributed by atoms with Crippen LogP contribution in [-0.2, 0) is 0 Å². The Kier molecular flexibility index (Phi) is 3.86. The summed E-state index contributed by atoms with van der Waals surface area (Å²) in [4.78, 5) is 4.24. The van der Waals surface area contributed by atoms with E-state index in [2.05, 4.69) is 41.3 Å². The van der Waals surface area contributed by atoms with Gasteiger partial charge in [0.05, 0.1) is 11.9 Å². The normalized spacial score (nSPS) is 11.4. The van der Waals surface area contributed by atoms with Crippen LogP contribution in [0.1, 0.15) is 22.4 Å². The molecule has 0 aliphatic rings. The van der Waals surface area contributed by atoms with Gasteiger partial charge in [0.25, 0.3) is 0 Å². The maximum Gasteiger partial charge on any atom is 0.0755 e. The highest BCUT2D eigenvalue weighted by Crippen LogP contribution is 2.10. The zero-order valence-corrected chi connectivity index (χ0v) is 10.1. The smallest absolute Gasteiger partial charge is 0.0755 e. The summed E-state index contributed by atoms with van der Waals surface area (Å²) in [6, 6.07) is 11.9. The molecule has 3 nitrogen and oxygen atoms in total. The van der Waals surface area contributed by atoms with E-state index in [0.29, 0.717) is 0 Å². The van der Waals surface area contributed by atoms with Crippen LogP contribution < -0.4 is 0 Å². The molecule has 0 bridgehead atoms. The Hall–Kier alpha value is -2.42. The van der Waals surface area contributed by atoms with E-state index in [0.717, 1.165) is 16.8 Å². The minimum atomic E-state index is 0.774. The second kappa shape index (κ2) is 5.77. The minimum absolute atomic E-state index is 0.774. The van der Waals surface area contributed by atoms with Gasteiger partial charge in [0.15, 0.2) is 0 Å². The van der Waals surface area contributed by atoms with Gasteiger partial charge in [0.2, 0.25) is 0 Å². The topological polar surface area (TPSA) is 45.5 Å². The fourth-order valence-corrected chi connectivity index (χ4v) is 1.59. The molecule has 2 aromatic rings. The van der Waals surface area contributed by atoms with Crippen LogP contribution in [0.25, 0.3) is 12.2 Å². The van der Waals surface area contributed by atoms with Gasteiger partial charge in [-0.05, 0) is 30.7 Å². The predicted octanol–water partition coefficient (Wildman–Crippen LogP) is 3.37. The van der Waals surface area contributed by atoms with Crippen molar-refractivity contribution in [3.05, 3.63) is 65.0 Å². The van der Waals surface area contributed by atoms with Gasteiger partial charge in [-0.25, -0.2) is 0 Å². The summed E-state index contributed by atoms with van der Waals surface area (Å²) in [7, 11) is 0. The van der Waals surface area contributed by atoms with Crippen molar-refractivity contribution in [2.45, 2.75) is 6.92 Å². The molecular formula is C15H14N2O. The highest BCUT2D eigenvalue weighted by molar-refractivity contribution is 5.86. The van der Waals surface area contributed by atoms with Gasteiger partial charge in [-0.1, -0.05) is 41.1 Å². The number of hydrogen-bond acceptors (Lipinski definition) is 3. The lowest BCUT2D eigenvalue weighted by molar-refractivity contribution is 0.322. The van der Waals surface area contributed by atoms with Crippen molar-refractivity contribution in [2.24, 2.45) is 5.16 Å². The molecule has 2 rings (SSSR count). The Bertz CT molecular complexity index is 571. The van der Waals surface area contributed by atoms with Crippen LogP contribution >= 0.6 is 0 Å². The SMILES string of the molecule is Cc1ccc(C=Cc2ncccc2C=NO)cc1. The highest BCUT2D eigenvalue weighted by Gasteiger charge is 1.96. The molecule has 0 amide bonds. The van der Waals surface area contributed by atoms with Crippen molar-refractivity contribution in [1.82, 2.24) is 4.98 Å². The molecule has 0 atom stereocenters. The summed E-state index contributed by atoms with van der Waals surface area (Å²) in [6.07, 6.45) is 6.98. The highest BCUT2D eigenvalue weighted by atomic mass is 16.4. The molecule has 0 saturated carbocycles. The maximum absolute atomic E-state index is 8.58. The molecule has 1 aromatic carbocycles. The summed E-state index contributed by atoms with van der Waals surface area (Å²) >= 11 is 0. The van der Waals surface area contributed by atoms with Gasteiger partial charge in [-0.15, -0.1) is 0 Å². The summed E-state index contributed by atoms with van der Waals surface area (Å²) in [5.74, 6) is 0. The van der Waals surface area contributed by atoms with Gasteiger partial charge in [0.1, 0.15) is 0 Å². The fraction of sp³-hybridized carbons (Fsp3) is 0.0667. The number of benzene rings is 1. The number of nitrogens with zero attached hydrogens (tertiary/aromatic N) is 2. The van der Waals surface area contributed by atoms with Gasteiger partial charge >= 0.3 is 0 Å². The van der Waals surface area contributed by atoms with E-state index in [1.165, 1.54) is 11.8 Å². The third kappa shape index (κ3) is 3.04. The third-order valence-corrected chi connectivity index (χ3v) is 2.58. The molecule has 1 heterocycles. The van der Waals surface area contributed by atoms with Crippen molar-refractivity contribution >= 4 is 18.4 Å². The first-order valence-electron chi connectivity index (χ1n) is 5.67. The summed E-state index contributed by atoms with van der Waals surface area (Å²) in [5, 5.41) is 11.6. The number of oxime groups is 1. The molecule has 0 aliphatic heterocycles. The number of aryl methyl sites for hydroxylation is 1. The second-order valence-corrected chi connectivity index (χ2v) is 3.97. The van der Waals surface area contributed by atoms with E-state index in [1.807, 2.05) is 18.2 Å².